The van der Waals surface area contributed by atoms with Crippen LogP contribution < -0.4 is 0 Å². The van der Waals surface area contributed by atoms with E-state index in [1.165, 1.54) is 9.80 Å². The second-order valence-corrected chi connectivity index (χ2v) is 7.10. The molecule has 7 nitrogen and oxygen atoms in total. The first-order valence-corrected chi connectivity index (χ1v) is 7.95. The van der Waals surface area contributed by atoms with Crippen LogP contribution in [0.15, 0.2) is 0 Å². The van der Waals surface area contributed by atoms with E-state index in [2.05, 4.69) is 0 Å². The van der Waals surface area contributed by atoms with Crippen molar-refractivity contribution in [1.29, 1.82) is 0 Å². The number of urea groups is 1. The number of rotatable bonds is 5. The van der Waals surface area contributed by atoms with Gasteiger partial charge in [0.2, 0.25) is 0 Å². The highest BCUT2D eigenvalue weighted by molar-refractivity contribution is 7.91. The van der Waals surface area contributed by atoms with Gasteiger partial charge in [-0.1, -0.05) is 0 Å². The van der Waals surface area contributed by atoms with E-state index in [1.54, 1.807) is 14.1 Å². The van der Waals surface area contributed by atoms with Crippen molar-refractivity contribution >= 4 is 21.8 Å². The molecule has 1 saturated heterocycles. The molecule has 0 spiro atoms. The highest BCUT2D eigenvalue weighted by Crippen LogP contribution is 2.17. The Kier molecular flexibility index (Phi) is 5.16. The lowest BCUT2D eigenvalue weighted by Gasteiger charge is -2.28. The van der Waals surface area contributed by atoms with Crippen LogP contribution in [0.3, 0.4) is 0 Å². The normalized spacial score (nSPS) is 21.1. The van der Waals surface area contributed by atoms with Gasteiger partial charge in [0.05, 0.1) is 11.5 Å². The molecule has 0 aromatic carbocycles. The van der Waals surface area contributed by atoms with Gasteiger partial charge >= 0.3 is 12.0 Å². The van der Waals surface area contributed by atoms with Gasteiger partial charge in [0.1, 0.15) is 0 Å². The number of carbonyl (C=O) groups is 2. The molecule has 1 rings (SSSR count). The van der Waals surface area contributed by atoms with Gasteiger partial charge in [0.15, 0.2) is 9.84 Å². The van der Waals surface area contributed by atoms with Gasteiger partial charge in [0.25, 0.3) is 0 Å². The molecule has 1 heterocycles. The van der Waals surface area contributed by atoms with Crippen molar-refractivity contribution in [3.8, 4) is 0 Å². The predicted molar refractivity (Wildman–Crippen MR) is 69.7 cm³/mol. The summed E-state index contributed by atoms with van der Waals surface area (Å²) in [5, 5.41) is 8.52. The third-order valence-corrected chi connectivity index (χ3v) is 5.02. The molecule has 0 radical (unpaired) electrons. The highest BCUT2D eigenvalue weighted by atomic mass is 32.2. The molecule has 0 bridgehead atoms. The SMILES string of the molecule is CN(CCCC(=O)O)C(=O)N(C)C1CCS(=O)(=O)C1. The molecular formula is C11H20N2O5S. The number of hydrogen-bond donors (Lipinski definition) is 1. The van der Waals surface area contributed by atoms with Crippen molar-refractivity contribution < 1.29 is 23.1 Å². The minimum atomic E-state index is -3.02. The maximum absolute atomic E-state index is 12.0. The molecule has 0 saturated carbocycles. The summed E-state index contributed by atoms with van der Waals surface area (Å²) < 4.78 is 22.7. The summed E-state index contributed by atoms with van der Waals surface area (Å²) in [6, 6.07) is -0.549. The van der Waals surface area contributed by atoms with Crippen LogP contribution >= 0.6 is 0 Å². The molecule has 0 aromatic rings. The Bertz CT molecular complexity index is 448. The van der Waals surface area contributed by atoms with Crippen molar-refractivity contribution in [2.75, 3.05) is 32.1 Å². The van der Waals surface area contributed by atoms with Crippen LogP contribution in [-0.4, -0.2) is 73.5 Å². The average Bonchev–Trinajstić information content (AvgIpc) is 2.67. The fourth-order valence-corrected chi connectivity index (χ4v) is 3.84. The number of carboxylic acid groups (broad SMARTS) is 1. The Morgan fingerprint density at radius 3 is 2.42 bits per heavy atom. The summed E-state index contributed by atoms with van der Waals surface area (Å²) in [7, 11) is 0.154. The number of hydrogen-bond acceptors (Lipinski definition) is 4. The quantitative estimate of drug-likeness (QED) is 0.771. The molecule has 110 valence electrons. The molecule has 1 aliphatic rings. The van der Waals surface area contributed by atoms with Gasteiger partial charge < -0.3 is 14.9 Å². The van der Waals surface area contributed by atoms with Gasteiger partial charge in [0, 0.05) is 33.1 Å². The van der Waals surface area contributed by atoms with Gasteiger partial charge in [-0.05, 0) is 12.8 Å². The summed E-state index contributed by atoms with van der Waals surface area (Å²) >= 11 is 0. The third kappa shape index (κ3) is 4.70. The highest BCUT2D eigenvalue weighted by Gasteiger charge is 2.33. The zero-order valence-electron chi connectivity index (χ0n) is 11.2. The van der Waals surface area contributed by atoms with Gasteiger partial charge in [-0.3, -0.25) is 4.79 Å². The molecule has 19 heavy (non-hydrogen) atoms. The average molecular weight is 292 g/mol. The third-order valence-electron chi connectivity index (χ3n) is 3.27. The van der Waals surface area contributed by atoms with E-state index in [-0.39, 0.29) is 30.0 Å². The Hall–Kier alpha value is -1.31. The lowest BCUT2D eigenvalue weighted by molar-refractivity contribution is -0.137. The summed E-state index contributed by atoms with van der Waals surface area (Å²) in [4.78, 5) is 25.3. The first-order valence-electron chi connectivity index (χ1n) is 6.13. The molecule has 1 atom stereocenters. The first kappa shape index (κ1) is 15.7. The second-order valence-electron chi connectivity index (χ2n) is 4.87. The number of sulfone groups is 1. The number of amides is 2. The lowest BCUT2D eigenvalue weighted by Crippen LogP contribution is -2.45. The van der Waals surface area contributed by atoms with Crippen LogP contribution in [0.25, 0.3) is 0 Å². The van der Waals surface area contributed by atoms with Crippen molar-refractivity contribution in [1.82, 2.24) is 9.80 Å². The number of aliphatic carboxylic acids is 1. The van der Waals surface area contributed by atoms with Crippen LogP contribution in [0.1, 0.15) is 19.3 Å². The van der Waals surface area contributed by atoms with E-state index >= 15 is 0 Å². The van der Waals surface area contributed by atoms with E-state index in [1.807, 2.05) is 0 Å². The van der Waals surface area contributed by atoms with Crippen LogP contribution in [0.2, 0.25) is 0 Å². The Labute approximate surface area is 113 Å². The molecule has 0 aromatic heterocycles. The maximum Gasteiger partial charge on any atom is 0.319 e. The molecule has 1 fully saturated rings. The predicted octanol–water partition coefficient (Wildman–Crippen LogP) is 0.0219. The standard InChI is InChI=1S/C11H20N2O5S/c1-12(6-3-4-10(14)15)11(16)13(2)9-5-7-19(17,18)8-9/h9H,3-8H2,1-2H3,(H,14,15). The van der Waals surface area contributed by atoms with Crippen molar-refractivity contribution in [2.45, 2.75) is 25.3 Å². The van der Waals surface area contributed by atoms with Crippen molar-refractivity contribution in [3.63, 3.8) is 0 Å². The molecule has 1 unspecified atom stereocenters. The summed E-state index contributed by atoms with van der Waals surface area (Å²) in [6.07, 6.45) is 0.862. The summed E-state index contributed by atoms with van der Waals surface area (Å²) in [5.74, 6) is -0.757. The van der Waals surface area contributed by atoms with Crippen molar-refractivity contribution in [2.24, 2.45) is 0 Å². The number of carboxylic acids is 1. The van der Waals surface area contributed by atoms with Gasteiger partial charge in [-0.2, -0.15) is 0 Å². The number of nitrogens with zero attached hydrogens (tertiary/aromatic N) is 2. The minimum Gasteiger partial charge on any atom is -0.481 e. The zero-order chi connectivity index (χ0) is 14.6. The molecular weight excluding hydrogens is 272 g/mol. The smallest absolute Gasteiger partial charge is 0.319 e. The minimum absolute atomic E-state index is 0.0121. The van der Waals surface area contributed by atoms with Gasteiger partial charge in [-0.25, -0.2) is 13.2 Å². The topological polar surface area (TPSA) is 95.0 Å². The van der Waals surface area contributed by atoms with E-state index < -0.39 is 15.8 Å². The van der Waals surface area contributed by atoms with E-state index in [4.69, 9.17) is 5.11 Å². The molecule has 1 N–H and O–H groups in total. The Morgan fingerprint density at radius 2 is 1.95 bits per heavy atom. The Balaban J connectivity index is 2.46. The van der Waals surface area contributed by atoms with Crippen molar-refractivity contribution in [3.05, 3.63) is 0 Å². The van der Waals surface area contributed by atoms with Gasteiger partial charge in [-0.15, -0.1) is 0 Å². The Morgan fingerprint density at radius 1 is 1.32 bits per heavy atom. The van der Waals surface area contributed by atoms with Crippen LogP contribution in [0.5, 0.6) is 0 Å². The van der Waals surface area contributed by atoms with E-state index in [0.717, 1.165) is 0 Å². The molecule has 0 aliphatic carbocycles. The fourth-order valence-electron chi connectivity index (χ4n) is 2.07. The molecule has 1 aliphatic heterocycles. The van der Waals surface area contributed by atoms with Crippen LogP contribution in [-0.2, 0) is 14.6 Å². The van der Waals surface area contributed by atoms with E-state index in [9.17, 15) is 18.0 Å². The summed E-state index contributed by atoms with van der Waals surface area (Å²) in [5.41, 5.74) is 0. The first-order chi connectivity index (χ1) is 8.73. The van der Waals surface area contributed by atoms with E-state index in [0.29, 0.717) is 19.4 Å². The molecule has 2 amide bonds. The lowest BCUT2D eigenvalue weighted by atomic mass is 10.2. The monoisotopic (exact) mass is 292 g/mol. The molecule has 8 heteroatoms. The largest absolute Gasteiger partial charge is 0.481 e. The maximum atomic E-state index is 12.0. The second kappa shape index (κ2) is 6.23. The number of carbonyl (C=O) groups excluding carboxylic acids is 1. The zero-order valence-corrected chi connectivity index (χ0v) is 12.0. The van der Waals surface area contributed by atoms with Crippen LogP contribution in [0, 0.1) is 0 Å². The summed E-state index contributed by atoms with van der Waals surface area (Å²) in [6.45, 7) is 0.342. The van der Waals surface area contributed by atoms with Crippen LogP contribution in [0.4, 0.5) is 4.79 Å². The fraction of sp³-hybridized carbons (Fsp3) is 0.818.